The van der Waals surface area contributed by atoms with E-state index < -0.39 is 6.91 Å². The fraction of sp³-hybridized carbons (Fsp3) is 0.304. The molecule has 0 amide bonds. The summed E-state index contributed by atoms with van der Waals surface area (Å²) >= 11 is 0. The summed E-state index contributed by atoms with van der Waals surface area (Å²) in [6.07, 6.45) is 11.3. The molecule has 0 aromatic heterocycles. The Morgan fingerprint density at radius 3 is 1.62 bits per heavy atom. The first kappa shape index (κ1) is 41.5. The van der Waals surface area contributed by atoms with Crippen molar-refractivity contribution in [1.82, 2.24) is 10.6 Å². The summed E-state index contributed by atoms with van der Waals surface area (Å²) in [5.74, 6) is 2.00. The third kappa shape index (κ3) is 11.0. The van der Waals surface area contributed by atoms with Crippen molar-refractivity contribution in [3.8, 4) is 5.75 Å². The minimum absolute atomic E-state index is 0. The molecule has 0 aliphatic carbocycles. The molecule has 1 aliphatic heterocycles. The third-order valence-corrected chi connectivity index (χ3v) is 15.7. The normalized spacial score (nSPS) is 15.4. The predicted octanol–water partition coefficient (Wildman–Crippen LogP) is 4.18. The average Bonchev–Trinajstić information content (AvgIpc) is 3.22. The van der Waals surface area contributed by atoms with Crippen LogP contribution < -0.4 is 54.4 Å². The van der Waals surface area contributed by atoms with E-state index in [1.54, 1.807) is 0 Å². The molecule has 5 aromatic rings. The molecule has 0 bridgehead atoms. The van der Waals surface area contributed by atoms with Gasteiger partial charge in [-0.2, -0.15) is 4.99 Å². The number of nitrogens with one attached hydrogen (secondary N) is 3. The SMILES string of the molecule is NC1=NC(c2ccc(OCCCCCCCCCCCP(F)(c3ccccc3)(c3ccccc3)c3ccccc3)cc2)NC(=[NH+]CCc2ccccc2)N1.[Cl-]. The van der Waals surface area contributed by atoms with E-state index in [0.717, 1.165) is 78.3 Å². The van der Waals surface area contributed by atoms with Crippen molar-refractivity contribution in [3.05, 3.63) is 157 Å². The summed E-state index contributed by atoms with van der Waals surface area (Å²) in [4.78, 5) is 7.93. The number of guanidine groups is 2. The van der Waals surface area contributed by atoms with E-state index in [-0.39, 0.29) is 18.6 Å². The van der Waals surface area contributed by atoms with Gasteiger partial charge in [0, 0.05) is 12.0 Å². The Hall–Kier alpha value is -4.71. The number of hydrogen-bond donors (Lipinski definition) is 4. The minimum Gasteiger partial charge on any atom is -1.00 e. The second kappa shape index (κ2) is 20.8. The molecule has 6 rings (SSSR count). The van der Waals surface area contributed by atoms with E-state index in [9.17, 15) is 0 Å². The number of nitrogens with zero attached hydrogens (tertiary/aromatic N) is 1. The number of ether oxygens (including phenoxy) is 1. The summed E-state index contributed by atoms with van der Waals surface area (Å²) in [5, 5.41) is 8.96. The number of rotatable bonds is 20. The molecule has 5 N–H and O–H groups in total. The van der Waals surface area contributed by atoms with Gasteiger partial charge in [0.05, 0.1) is 6.54 Å². The number of benzene rings is 5. The van der Waals surface area contributed by atoms with E-state index in [0.29, 0.717) is 18.7 Å². The zero-order valence-corrected chi connectivity index (χ0v) is 33.4. The van der Waals surface area contributed by atoms with E-state index >= 15 is 4.20 Å². The summed E-state index contributed by atoms with van der Waals surface area (Å²) in [6.45, 7) is -2.64. The molecule has 1 unspecified atom stereocenters. The third-order valence-electron chi connectivity index (χ3n) is 10.4. The van der Waals surface area contributed by atoms with E-state index in [1.807, 2.05) is 121 Å². The number of halogens is 2. The van der Waals surface area contributed by atoms with Gasteiger partial charge < -0.3 is 18.1 Å². The molecular formula is C46H56ClFN5OP. The van der Waals surface area contributed by atoms with Gasteiger partial charge in [0.15, 0.2) is 6.17 Å². The Bertz CT molecular complexity index is 1820. The molecule has 0 spiro atoms. The fourth-order valence-corrected chi connectivity index (χ4v) is 12.3. The Morgan fingerprint density at radius 1 is 0.618 bits per heavy atom. The average molecular weight is 780 g/mol. The standard InChI is InChI=1S/C46H55FN5OP.ClH/c47-54(41-24-14-9-15-25-41,42-26-16-10-17-27-42,43-28-18-11-19-29-43)37-21-7-5-3-1-2-4-6-20-36-53-40-32-30-39(31-33-40)44-50-45(48)52-46(51-44)49-35-34-38-22-12-8-13-23-38;/h8-19,22-33,44H,1-7,20-21,34-37H2,(H4,48,49,50,51,52);1H. The maximum Gasteiger partial charge on any atom is 0.352 e. The van der Waals surface area contributed by atoms with Gasteiger partial charge in [-0.05, 0) is 29.8 Å². The van der Waals surface area contributed by atoms with Crippen LogP contribution in [0, 0.1) is 0 Å². The van der Waals surface area contributed by atoms with Crippen LogP contribution in [0.4, 0.5) is 4.20 Å². The molecule has 0 saturated carbocycles. The van der Waals surface area contributed by atoms with Crippen LogP contribution in [0.15, 0.2) is 151 Å². The minimum atomic E-state index is -4.12. The van der Waals surface area contributed by atoms with Crippen LogP contribution in [0.5, 0.6) is 5.75 Å². The summed E-state index contributed by atoms with van der Waals surface area (Å²) in [5.41, 5.74) is 8.39. The Kier molecular flexibility index (Phi) is 15.7. The van der Waals surface area contributed by atoms with E-state index in [2.05, 4.69) is 44.9 Å². The van der Waals surface area contributed by atoms with Crippen molar-refractivity contribution in [2.75, 3.05) is 19.3 Å². The van der Waals surface area contributed by atoms with Gasteiger partial charge >= 0.3 is 199 Å². The monoisotopic (exact) mass is 779 g/mol. The van der Waals surface area contributed by atoms with Crippen molar-refractivity contribution in [2.45, 2.75) is 70.4 Å². The molecule has 55 heavy (non-hydrogen) atoms. The second-order valence-corrected chi connectivity index (χ2v) is 18.6. The summed E-state index contributed by atoms with van der Waals surface area (Å²) in [7, 11) is 0. The molecule has 0 radical (unpaired) electrons. The van der Waals surface area contributed by atoms with Gasteiger partial charge in [0.1, 0.15) is 5.75 Å². The van der Waals surface area contributed by atoms with Gasteiger partial charge in [0.25, 0.3) is 5.96 Å². The van der Waals surface area contributed by atoms with Crippen LogP contribution in [0.2, 0.25) is 0 Å². The zero-order chi connectivity index (χ0) is 37.3. The molecule has 1 atom stereocenters. The molecule has 5 aromatic carbocycles. The smallest absolute Gasteiger partial charge is 0.352 e. The van der Waals surface area contributed by atoms with Crippen LogP contribution >= 0.6 is 6.91 Å². The van der Waals surface area contributed by atoms with Gasteiger partial charge in [0.2, 0.25) is 0 Å². The molecular weight excluding hydrogens is 724 g/mol. The van der Waals surface area contributed by atoms with Crippen LogP contribution in [0.1, 0.15) is 75.1 Å². The van der Waals surface area contributed by atoms with Crippen molar-refractivity contribution in [1.29, 1.82) is 0 Å². The molecule has 290 valence electrons. The predicted molar refractivity (Wildman–Crippen MR) is 226 cm³/mol. The molecule has 0 saturated heterocycles. The van der Waals surface area contributed by atoms with Crippen LogP contribution in [-0.2, 0) is 6.42 Å². The zero-order valence-electron chi connectivity index (χ0n) is 31.8. The van der Waals surface area contributed by atoms with Crippen molar-refractivity contribution in [3.63, 3.8) is 0 Å². The molecule has 1 aliphatic rings. The van der Waals surface area contributed by atoms with Crippen LogP contribution in [0.25, 0.3) is 0 Å². The largest absolute Gasteiger partial charge is 1.00 e. The fourth-order valence-electron chi connectivity index (χ4n) is 7.47. The first-order valence-electron chi connectivity index (χ1n) is 19.7. The van der Waals surface area contributed by atoms with E-state index in [1.165, 1.54) is 31.2 Å². The molecule has 6 nitrogen and oxygen atoms in total. The molecule has 1 heterocycles. The molecule has 9 heteroatoms. The Morgan fingerprint density at radius 2 is 1.09 bits per heavy atom. The quantitative estimate of drug-likeness (QED) is 0.0707. The van der Waals surface area contributed by atoms with Crippen LogP contribution in [0.3, 0.4) is 0 Å². The maximum atomic E-state index is 18.6. The van der Waals surface area contributed by atoms with Crippen molar-refractivity contribution in [2.24, 2.45) is 10.7 Å². The first-order valence-corrected chi connectivity index (χ1v) is 22.0. The van der Waals surface area contributed by atoms with Crippen molar-refractivity contribution < 1.29 is 26.3 Å². The number of aliphatic imine (C=N–C) groups is 1. The first-order chi connectivity index (χ1) is 26.5. The van der Waals surface area contributed by atoms with Crippen LogP contribution in [-0.4, -0.2) is 31.2 Å². The second-order valence-electron chi connectivity index (χ2n) is 14.2. The topological polar surface area (TPSA) is 85.6 Å². The van der Waals surface area contributed by atoms with Gasteiger partial charge in [-0.3, -0.25) is 10.3 Å². The molecule has 0 fully saturated rings. The van der Waals surface area contributed by atoms with Crippen molar-refractivity contribution >= 4 is 34.7 Å². The number of unbranched alkanes of at least 4 members (excludes halogenated alkanes) is 8. The Labute approximate surface area is 333 Å². The Balaban J connectivity index is 0.00000580. The number of hydrogen-bond acceptors (Lipinski definition) is 3. The summed E-state index contributed by atoms with van der Waals surface area (Å²) < 4.78 is 24.6. The van der Waals surface area contributed by atoms with E-state index in [4.69, 9.17) is 10.5 Å². The van der Waals surface area contributed by atoms with Gasteiger partial charge in [-0.25, -0.2) is 5.32 Å². The van der Waals surface area contributed by atoms with Gasteiger partial charge in [-0.15, -0.1) is 0 Å². The number of nitrogens with two attached hydrogens (primary N) is 1. The summed E-state index contributed by atoms with van der Waals surface area (Å²) in [6, 6.07) is 48.3. The maximum absolute atomic E-state index is 18.6. The van der Waals surface area contributed by atoms with Gasteiger partial charge in [-0.1, -0.05) is 30.3 Å².